The third-order valence-electron chi connectivity index (χ3n) is 5.11. The fraction of sp³-hybridized carbons (Fsp3) is 0.261. The molecule has 1 aromatic heterocycles. The van der Waals surface area contributed by atoms with Crippen LogP contribution < -0.4 is 10.1 Å². The van der Waals surface area contributed by atoms with E-state index in [9.17, 15) is 22.4 Å². The van der Waals surface area contributed by atoms with Crippen molar-refractivity contribution in [2.45, 2.75) is 37.8 Å². The van der Waals surface area contributed by atoms with E-state index in [1.807, 2.05) is 0 Å². The molecular formula is C23H18F4N4O2. The Labute approximate surface area is 186 Å². The van der Waals surface area contributed by atoms with Crippen LogP contribution in [-0.4, -0.2) is 27.7 Å². The average molecular weight is 458 g/mol. The Kier molecular flexibility index (Phi) is 6.05. The van der Waals surface area contributed by atoms with Gasteiger partial charge in [-0.2, -0.15) is 10.4 Å². The highest BCUT2D eigenvalue weighted by molar-refractivity contribution is 5.91. The molecule has 0 aliphatic heterocycles. The minimum Gasteiger partial charge on any atom is -0.490 e. The molecule has 0 spiro atoms. The van der Waals surface area contributed by atoms with Crippen LogP contribution in [-0.2, 0) is 17.8 Å². The standard InChI is InChI=1S/C23H18F4N4O2/c24-19-7-15(8-20(25)18(19)12-28)13-31-6-5-21(30-31)29-22(32)9-14-1-3-16(4-2-14)33-17-10-23(26,27)11-17/h1-8,17H,9-11,13H2,(H,29,30,32). The molecule has 6 nitrogen and oxygen atoms in total. The van der Waals surface area contributed by atoms with Gasteiger partial charge in [0.15, 0.2) is 5.82 Å². The number of ether oxygens (including phenoxy) is 1. The lowest BCUT2D eigenvalue weighted by Crippen LogP contribution is -2.43. The van der Waals surface area contributed by atoms with Crippen molar-refractivity contribution in [3.63, 3.8) is 0 Å². The van der Waals surface area contributed by atoms with E-state index in [4.69, 9.17) is 10.00 Å². The van der Waals surface area contributed by atoms with Gasteiger partial charge in [0.05, 0.1) is 13.0 Å². The van der Waals surface area contributed by atoms with E-state index in [0.29, 0.717) is 11.3 Å². The first-order chi connectivity index (χ1) is 15.7. The molecule has 2 aromatic carbocycles. The molecule has 0 saturated heterocycles. The summed E-state index contributed by atoms with van der Waals surface area (Å²) < 4.78 is 60.1. The number of nitriles is 1. The van der Waals surface area contributed by atoms with E-state index in [0.717, 1.165) is 12.1 Å². The summed E-state index contributed by atoms with van der Waals surface area (Å²) in [5.41, 5.74) is 0.330. The summed E-state index contributed by atoms with van der Waals surface area (Å²) in [4.78, 5) is 12.3. The number of amides is 1. The molecular weight excluding hydrogens is 440 g/mol. The molecule has 1 heterocycles. The summed E-state index contributed by atoms with van der Waals surface area (Å²) in [5, 5.41) is 15.5. The van der Waals surface area contributed by atoms with Gasteiger partial charge in [0.25, 0.3) is 5.92 Å². The molecule has 0 radical (unpaired) electrons. The Bertz CT molecular complexity index is 1190. The highest BCUT2D eigenvalue weighted by Crippen LogP contribution is 2.39. The average Bonchev–Trinajstić information content (AvgIpc) is 3.14. The minimum absolute atomic E-state index is 0.0454. The van der Waals surface area contributed by atoms with Gasteiger partial charge in [0, 0.05) is 25.1 Å². The number of hydrogen-bond acceptors (Lipinski definition) is 4. The normalized spacial score (nSPS) is 14.9. The number of benzene rings is 2. The second kappa shape index (κ2) is 8.94. The van der Waals surface area contributed by atoms with E-state index < -0.39 is 29.2 Å². The predicted octanol–water partition coefficient (Wildman–Crippen LogP) is 4.44. The van der Waals surface area contributed by atoms with Crippen LogP contribution in [0.3, 0.4) is 0 Å². The van der Waals surface area contributed by atoms with Gasteiger partial charge in [-0.25, -0.2) is 17.6 Å². The number of nitrogens with one attached hydrogen (secondary N) is 1. The SMILES string of the molecule is N#Cc1c(F)cc(Cn2ccc(NC(=O)Cc3ccc(OC4CC(F)(F)C4)cc3)n2)cc1F. The Morgan fingerprint density at radius 3 is 2.42 bits per heavy atom. The molecule has 4 rings (SSSR count). The highest BCUT2D eigenvalue weighted by Gasteiger charge is 2.46. The third-order valence-corrected chi connectivity index (χ3v) is 5.11. The van der Waals surface area contributed by atoms with Gasteiger partial charge in [-0.15, -0.1) is 0 Å². The fourth-order valence-corrected chi connectivity index (χ4v) is 3.47. The molecule has 0 atom stereocenters. The van der Waals surface area contributed by atoms with Crippen LogP contribution in [0, 0.1) is 23.0 Å². The van der Waals surface area contributed by atoms with Crippen molar-refractivity contribution in [3.8, 4) is 11.8 Å². The molecule has 10 heteroatoms. The number of alkyl halides is 2. The Morgan fingerprint density at radius 1 is 1.15 bits per heavy atom. The van der Waals surface area contributed by atoms with E-state index >= 15 is 0 Å². The van der Waals surface area contributed by atoms with Gasteiger partial charge < -0.3 is 10.1 Å². The molecule has 1 fully saturated rings. The summed E-state index contributed by atoms with van der Waals surface area (Å²) in [6.45, 7) is 0.0454. The largest absolute Gasteiger partial charge is 0.490 e. The topological polar surface area (TPSA) is 79.9 Å². The van der Waals surface area contributed by atoms with Gasteiger partial charge in [0.1, 0.15) is 35.1 Å². The van der Waals surface area contributed by atoms with E-state index in [-0.39, 0.29) is 43.1 Å². The van der Waals surface area contributed by atoms with Crippen molar-refractivity contribution in [1.29, 1.82) is 5.26 Å². The van der Waals surface area contributed by atoms with Crippen molar-refractivity contribution in [1.82, 2.24) is 9.78 Å². The number of carbonyl (C=O) groups excluding carboxylic acids is 1. The van der Waals surface area contributed by atoms with Gasteiger partial charge in [-0.1, -0.05) is 12.1 Å². The highest BCUT2D eigenvalue weighted by atomic mass is 19.3. The van der Waals surface area contributed by atoms with Crippen LogP contribution in [0.1, 0.15) is 29.5 Å². The predicted molar refractivity (Wildman–Crippen MR) is 110 cm³/mol. The van der Waals surface area contributed by atoms with Gasteiger partial charge in [0.2, 0.25) is 5.91 Å². The second-order valence-corrected chi connectivity index (χ2v) is 7.82. The zero-order chi connectivity index (χ0) is 23.6. The summed E-state index contributed by atoms with van der Waals surface area (Å²) >= 11 is 0. The molecule has 1 saturated carbocycles. The Morgan fingerprint density at radius 2 is 1.82 bits per heavy atom. The van der Waals surface area contributed by atoms with Crippen LogP contribution >= 0.6 is 0 Å². The molecule has 1 amide bonds. The van der Waals surface area contributed by atoms with Crippen LogP contribution in [0.25, 0.3) is 0 Å². The summed E-state index contributed by atoms with van der Waals surface area (Å²) in [7, 11) is 0. The maximum Gasteiger partial charge on any atom is 0.255 e. The first-order valence-electron chi connectivity index (χ1n) is 10.1. The number of hydrogen-bond donors (Lipinski definition) is 1. The number of aromatic nitrogens is 2. The number of carbonyl (C=O) groups is 1. The molecule has 33 heavy (non-hydrogen) atoms. The Hall–Kier alpha value is -3.87. The fourth-order valence-electron chi connectivity index (χ4n) is 3.47. The number of rotatable bonds is 7. The van der Waals surface area contributed by atoms with Gasteiger partial charge in [-0.05, 0) is 35.4 Å². The minimum atomic E-state index is -2.65. The van der Waals surface area contributed by atoms with Crippen molar-refractivity contribution in [2.24, 2.45) is 0 Å². The molecule has 1 aliphatic rings. The van der Waals surface area contributed by atoms with Gasteiger partial charge in [-0.3, -0.25) is 9.48 Å². The number of halogens is 4. The summed E-state index contributed by atoms with van der Waals surface area (Å²) in [5.74, 6) is -4.15. The van der Waals surface area contributed by atoms with Crippen LogP contribution in [0.4, 0.5) is 23.4 Å². The molecule has 1 N–H and O–H groups in total. The van der Waals surface area contributed by atoms with Crippen LogP contribution in [0.2, 0.25) is 0 Å². The maximum absolute atomic E-state index is 13.8. The zero-order valence-corrected chi connectivity index (χ0v) is 17.2. The third kappa shape index (κ3) is 5.49. The van der Waals surface area contributed by atoms with Crippen LogP contribution in [0.15, 0.2) is 48.7 Å². The Balaban J connectivity index is 1.29. The van der Waals surface area contributed by atoms with E-state index in [1.54, 1.807) is 36.5 Å². The molecule has 3 aromatic rings. The molecule has 0 bridgehead atoms. The van der Waals surface area contributed by atoms with Crippen LogP contribution in [0.5, 0.6) is 5.75 Å². The van der Waals surface area contributed by atoms with Crippen molar-refractivity contribution in [3.05, 3.63) is 77.0 Å². The lowest BCUT2D eigenvalue weighted by Gasteiger charge is -2.34. The molecule has 0 unspecified atom stereocenters. The lowest BCUT2D eigenvalue weighted by atomic mass is 9.91. The lowest BCUT2D eigenvalue weighted by molar-refractivity contribution is -0.134. The quantitative estimate of drug-likeness (QED) is 0.531. The zero-order valence-electron chi connectivity index (χ0n) is 17.2. The second-order valence-electron chi connectivity index (χ2n) is 7.82. The van der Waals surface area contributed by atoms with Gasteiger partial charge >= 0.3 is 0 Å². The first kappa shape index (κ1) is 22.3. The number of nitrogens with zero attached hydrogens (tertiary/aromatic N) is 3. The first-order valence-corrected chi connectivity index (χ1v) is 10.1. The summed E-state index contributed by atoms with van der Waals surface area (Å²) in [6, 6.07) is 11.7. The van der Waals surface area contributed by atoms with Crippen molar-refractivity contribution < 1.29 is 27.1 Å². The monoisotopic (exact) mass is 458 g/mol. The smallest absolute Gasteiger partial charge is 0.255 e. The molecule has 1 aliphatic carbocycles. The van der Waals surface area contributed by atoms with E-state index in [2.05, 4.69) is 10.4 Å². The van der Waals surface area contributed by atoms with Crippen molar-refractivity contribution in [2.75, 3.05) is 5.32 Å². The number of anilines is 1. The summed E-state index contributed by atoms with van der Waals surface area (Å²) in [6.07, 6.45) is 0.513. The van der Waals surface area contributed by atoms with Crippen molar-refractivity contribution >= 4 is 11.7 Å². The van der Waals surface area contributed by atoms with E-state index in [1.165, 1.54) is 10.8 Å². The molecule has 170 valence electrons. The maximum atomic E-state index is 13.8.